The highest BCUT2D eigenvalue weighted by Gasteiger charge is 2.25. The largest absolute Gasteiger partial charge is 0.331 e. The minimum Gasteiger partial charge on any atom is -0.331 e. The first-order chi connectivity index (χ1) is 8.34. The molecule has 0 aliphatic heterocycles. The number of hydrogen-bond donors (Lipinski definition) is 1. The Morgan fingerprint density at radius 1 is 1.12 bits per heavy atom. The van der Waals surface area contributed by atoms with E-state index < -0.39 is 0 Å². The van der Waals surface area contributed by atoms with Crippen molar-refractivity contribution in [2.75, 3.05) is 5.32 Å². The molecule has 1 amide bonds. The van der Waals surface area contributed by atoms with Gasteiger partial charge in [-0.05, 0) is 37.1 Å². The van der Waals surface area contributed by atoms with E-state index in [4.69, 9.17) is 0 Å². The lowest BCUT2D eigenvalue weighted by Crippen LogP contribution is -2.14. The molecule has 17 heavy (non-hydrogen) atoms. The molecular formula is C14H14N2O. The van der Waals surface area contributed by atoms with E-state index in [1.54, 1.807) is 0 Å². The second-order valence-corrected chi connectivity index (χ2v) is 4.35. The van der Waals surface area contributed by atoms with Crippen LogP contribution in [-0.4, -0.2) is 10.5 Å². The summed E-state index contributed by atoms with van der Waals surface area (Å²) in [6.07, 6.45) is 4.45. The quantitative estimate of drug-likeness (QED) is 0.857. The van der Waals surface area contributed by atoms with E-state index in [1.165, 1.54) is 12.8 Å². The first-order valence-corrected chi connectivity index (χ1v) is 5.88. The summed E-state index contributed by atoms with van der Waals surface area (Å²) in [5.74, 6) is 0.840. The molecule has 1 saturated carbocycles. The summed E-state index contributed by atoms with van der Waals surface area (Å²) >= 11 is 0. The molecular weight excluding hydrogens is 212 g/mol. The number of amides is 1. The van der Waals surface area contributed by atoms with Crippen molar-refractivity contribution < 1.29 is 4.79 Å². The van der Waals surface area contributed by atoms with Gasteiger partial charge in [-0.2, -0.15) is 0 Å². The Hall–Kier alpha value is -2.03. The van der Waals surface area contributed by atoms with Crippen molar-refractivity contribution in [2.45, 2.75) is 18.9 Å². The summed E-state index contributed by atoms with van der Waals surface area (Å²) in [4.78, 5) is 12.0. The fourth-order valence-corrected chi connectivity index (χ4v) is 1.95. The van der Waals surface area contributed by atoms with Crippen molar-refractivity contribution in [1.82, 2.24) is 4.57 Å². The zero-order valence-corrected chi connectivity index (χ0v) is 9.47. The summed E-state index contributed by atoms with van der Waals surface area (Å²) in [6, 6.07) is 13.8. The molecule has 86 valence electrons. The van der Waals surface area contributed by atoms with Gasteiger partial charge in [0.2, 0.25) is 0 Å². The molecule has 2 aromatic rings. The van der Waals surface area contributed by atoms with Crippen LogP contribution in [0.5, 0.6) is 0 Å². The third-order valence-corrected chi connectivity index (χ3v) is 3.00. The number of hydrogen-bond acceptors (Lipinski definition) is 1. The van der Waals surface area contributed by atoms with E-state index in [0.29, 0.717) is 11.6 Å². The number of anilines is 1. The zero-order valence-electron chi connectivity index (χ0n) is 9.47. The number of carbonyl (C=O) groups is 1. The third kappa shape index (κ3) is 2.09. The highest BCUT2D eigenvalue weighted by molar-refractivity contribution is 6.03. The predicted molar refractivity (Wildman–Crippen MR) is 67.1 cm³/mol. The third-order valence-electron chi connectivity index (χ3n) is 3.00. The summed E-state index contributed by atoms with van der Waals surface area (Å²) in [5, 5.41) is 2.95. The molecule has 0 spiro atoms. The van der Waals surface area contributed by atoms with Crippen LogP contribution in [0, 0.1) is 0 Å². The van der Waals surface area contributed by atoms with Gasteiger partial charge in [-0.3, -0.25) is 4.79 Å². The molecule has 1 fully saturated rings. The molecule has 1 aromatic carbocycles. The van der Waals surface area contributed by atoms with E-state index in [1.807, 2.05) is 48.7 Å². The maximum atomic E-state index is 12.0. The molecule has 0 unspecified atom stereocenters. The average molecular weight is 226 g/mol. The molecule has 0 radical (unpaired) electrons. The molecule has 3 nitrogen and oxygen atoms in total. The SMILES string of the molecule is O=C(Nc1cccn1C1CC1)c1ccccc1. The van der Waals surface area contributed by atoms with Gasteiger partial charge in [0.25, 0.3) is 5.91 Å². The van der Waals surface area contributed by atoms with Gasteiger partial charge in [-0.15, -0.1) is 0 Å². The van der Waals surface area contributed by atoms with Crippen LogP contribution in [0.25, 0.3) is 0 Å². The van der Waals surface area contributed by atoms with Crippen LogP contribution in [0.1, 0.15) is 29.2 Å². The fraction of sp³-hybridized carbons (Fsp3) is 0.214. The van der Waals surface area contributed by atoms with Crippen LogP contribution in [0.2, 0.25) is 0 Å². The molecule has 1 heterocycles. The van der Waals surface area contributed by atoms with Crippen LogP contribution < -0.4 is 5.32 Å². The smallest absolute Gasteiger partial charge is 0.256 e. The van der Waals surface area contributed by atoms with Gasteiger partial charge < -0.3 is 9.88 Å². The molecule has 0 atom stereocenters. The Labute approximate surface area is 100 Å². The van der Waals surface area contributed by atoms with Gasteiger partial charge in [0.05, 0.1) is 0 Å². The summed E-state index contributed by atoms with van der Waals surface area (Å²) in [5.41, 5.74) is 0.691. The van der Waals surface area contributed by atoms with Crippen molar-refractivity contribution >= 4 is 11.7 Å². The molecule has 0 saturated heterocycles. The van der Waals surface area contributed by atoms with Gasteiger partial charge in [0.15, 0.2) is 0 Å². The standard InChI is InChI=1S/C14H14N2O/c17-14(11-5-2-1-3-6-11)15-13-7-4-10-16(13)12-8-9-12/h1-7,10,12H,8-9H2,(H,15,17). The number of nitrogens with zero attached hydrogens (tertiary/aromatic N) is 1. The Kier molecular flexibility index (Phi) is 2.44. The number of aromatic nitrogens is 1. The molecule has 1 aromatic heterocycles. The Bertz CT molecular complexity index is 526. The molecule has 0 bridgehead atoms. The van der Waals surface area contributed by atoms with E-state index in [0.717, 1.165) is 5.82 Å². The lowest BCUT2D eigenvalue weighted by Gasteiger charge is -2.09. The van der Waals surface area contributed by atoms with Gasteiger partial charge in [0.1, 0.15) is 5.82 Å². The van der Waals surface area contributed by atoms with Crippen molar-refractivity contribution in [3.05, 3.63) is 54.2 Å². The van der Waals surface area contributed by atoms with E-state index in [9.17, 15) is 4.79 Å². The Morgan fingerprint density at radius 2 is 1.88 bits per heavy atom. The van der Waals surface area contributed by atoms with Crippen molar-refractivity contribution in [3.63, 3.8) is 0 Å². The monoisotopic (exact) mass is 226 g/mol. The first-order valence-electron chi connectivity index (χ1n) is 5.88. The minimum absolute atomic E-state index is 0.0498. The Morgan fingerprint density at radius 3 is 2.59 bits per heavy atom. The first kappa shape index (κ1) is 10.1. The Balaban J connectivity index is 1.78. The van der Waals surface area contributed by atoms with Crippen LogP contribution in [-0.2, 0) is 0 Å². The molecule has 1 aliphatic rings. The second-order valence-electron chi connectivity index (χ2n) is 4.35. The van der Waals surface area contributed by atoms with Gasteiger partial charge in [-0.1, -0.05) is 18.2 Å². The lowest BCUT2D eigenvalue weighted by molar-refractivity contribution is 0.102. The van der Waals surface area contributed by atoms with E-state index in [2.05, 4.69) is 9.88 Å². The van der Waals surface area contributed by atoms with Gasteiger partial charge in [0, 0.05) is 17.8 Å². The number of nitrogens with one attached hydrogen (secondary N) is 1. The van der Waals surface area contributed by atoms with Crippen molar-refractivity contribution in [2.24, 2.45) is 0 Å². The van der Waals surface area contributed by atoms with E-state index >= 15 is 0 Å². The van der Waals surface area contributed by atoms with Crippen LogP contribution in [0.15, 0.2) is 48.7 Å². The predicted octanol–water partition coefficient (Wildman–Crippen LogP) is 3.08. The van der Waals surface area contributed by atoms with Crippen LogP contribution >= 0.6 is 0 Å². The fourth-order valence-electron chi connectivity index (χ4n) is 1.95. The summed E-state index contributed by atoms with van der Waals surface area (Å²) in [7, 11) is 0. The highest BCUT2D eigenvalue weighted by atomic mass is 16.1. The topological polar surface area (TPSA) is 34.0 Å². The van der Waals surface area contributed by atoms with Crippen LogP contribution in [0.3, 0.4) is 0 Å². The molecule has 3 rings (SSSR count). The number of benzene rings is 1. The summed E-state index contributed by atoms with van der Waals surface area (Å²) < 4.78 is 2.14. The zero-order chi connectivity index (χ0) is 11.7. The molecule has 3 heteroatoms. The van der Waals surface area contributed by atoms with Crippen LogP contribution in [0.4, 0.5) is 5.82 Å². The van der Waals surface area contributed by atoms with Gasteiger partial charge in [-0.25, -0.2) is 0 Å². The minimum atomic E-state index is -0.0498. The van der Waals surface area contributed by atoms with E-state index in [-0.39, 0.29) is 5.91 Å². The lowest BCUT2D eigenvalue weighted by atomic mass is 10.2. The second kappa shape index (κ2) is 4.09. The average Bonchev–Trinajstić information content (AvgIpc) is 3.11. The van der Waals surface area contributed by atoms with Crippen molar-refractivity contribution in [3.8, 4) is 0 Å². The van der Waals surface area contributed by atoms with Crippen molar-refractivity contribution in [1.29, 1.82) is 0 Å². The number of carbonyl (C=O) groups excluding carboxylic acids is 1. The maximum Gasteiger partial charge on any atom is 0.256 e. The normalized spacial score (nSPS) is 14.6. The molecule has 1 aliphatic carbocycles. The van der Waals surface area contributed by atoms with Gasteiger partial charge >= 0.3 is 0 Å². The summed E-state index contributed by atoms with van der Waals surface area (Å²) in [6.45, 7) is 0. The molecule has 1 N–H and O–H groups in total. The highest BCUT2D eigenvalue weighted by Crippen LogP contribution is 2.37. The number of rotatable bonds is 3. The maximum absolute atomic E-state index is 12.0.